The Morgan fingerprint density at radius 2 is 1.97 bits per heavy atom. The van der Waals surface area contributed by atoms with Gasteiger partial charge >= 0.3 is 0 Å². The lowest BCUT2D eigenvalue weighted by atomic mass is 9.94. The molecule has 1 amide bonds. The van der Waals surface area contributed by atoms with Crippen LogP contribution >= 0.6 is 0 Å². The van der Waals surface area contributed by atoms with Gasteiger partial charge in [-0.1, -0.05) is 5.92 Å². The number of nitriles is 1. The fraction of sp³-hybridized carbons (Fsp3) is 0.222. The molecule has 1 aliphatic heterocycles. The Morgan fingerprint density at radius 1 is 1.17 bits per heavy atom. The number of piperidine rings is 1. The number of carbonyl (C=O) groups excluding carboxylic acids is 1. The standard InChI is InChI=1S/C27H23N7O2/c1-2-4-24(35)33-14-3-5-20(17-33)25-22-11-13-31-27(29)34(22)26(32-25)19-6-8-21(9-7-19)36-23-15-18(16-28)10-12-30-23/h6-13,15,20H,3,5,14,17H2,1H3,(H2,29,31). The summed E-state index contributed by atoms with van der Waals surface area (Å²) in [6.45, 7) is 2.92. The number of anilines is 1. The first-order chi connectivity index (χ1) is 17.6. The normalized spacial score (nSPS) is 15.1. The molecule has 0 saturated carbocycles. The van der Waals surface area contributed by atoms with Gasteiger partial charge in [-0.15, -0.1) is 0 Å². The summed E-state index contributed by atoms with van der Waals surface area (Å²) >= 11 is 0. The molecule has 1 fully saturated rings. The number of nitrogen functional groups attached to an aromatic ring is 1. The van der Waals surface area contributed by atoms with Gasteiger partial charge in [0, 0.05) is 43.0 Å². The van der Waals surface area contributed by atoms with E-state index in [1.807, 2.05) is 34.7 Å². The number of nitrogens with zero attached hydrogens (tertiary/aromatic N) is 6. The van der Waals surface area contributed by atoms with E-state index < -0.39 is 0 Å². The number of benzene rings is 1. The van der Waals surface area contributed by atoms with Gasteiger partial charge in [-0.3, -0.25) is 9.20 Å². The Hall–Kier alpha value is -4.89. The van der Waals surface area contributed by atoms with E-state index in [1.54, 1.807) is 30.2 Å². The lowest BCUT2D eigenvalue weighted by molar-refractivity contribution is -0.126. The molecule has 2 N–H and O–H groups in total. The number of carbonyl (C=O) groups is 1. The van der Waals surface area contributed by atoms with Crippen LogP contribution in [-0.4, -0.2) is 43.2 Å². The minimum Gasteiger partial charge on any atom is -0.439 e. The summed E-state index contributed by atoms with van der Waals surface area (Å²) < 4.78 is 7.65. The van der Waals surface area contributed by atoms with Crippen molar-refractivity contribution in [3.8, 4) is 40.9 Å². The van der Waals surface area contributed by atoms with Crippen molar-refractivity contribution in [3.05, 3.63) is 66.1 Å². The lowest BCUT2D eigenvalue weighted by Gasteiger charge is -2.30. The highest BCUT2D eigenvalue weighted by Gasteiger charge is 2.28. The van der Waals surface area contributed by atoms with Crippen LogP contribution in [0.5, 0.6) is 11.6 Å². The molecule has 4 heterocycles. The van der Waals surface area contributed by atoms with Crippen molar-refractivity contribution in [1.29, 1.82) is 5.26 Å². The van der Waals surface area contributed by atoms with Crippen molar-refractivity contribution < 1.29 is 9.53 Å². The van der Waals surface area contributed by atoms with Crippen LogP contribution in [0.15, 0.2) is 54.9 Å². The minimum absolute atomic E-state index is 0.0630. The number of nitrogens with two attached hydrogens (primary N) is 1. The highest BCUT2D eigenvalue weighted by atomic mass is 16.5. The zero-order valence-corrected chi connectivity index (χ0v) is 19.7. The van der Waals surface area contributed by atoms with Gasteiger partial charge in [-0.05, 0) is 62.1 Å². The maximum absolute atomic E-state index is 12.4. The monoisotopic (exact) mass is 477 g/mol. The summed E-state index contributed by atoms with van der Waals surface area (Å²) in [7, 11) is 0. The van der Waals surface area contributed by atoms with Crippen molar-refractivity contribution in [3.63, 3.8) is 0 Å². The maximum atomic E-state index is 12.4. The van der Waals surface area contributed by atoms with E-state index in [1.165, 1.54) is 6.20 Å². The van der Waals surface area contributed by atoms with Crippen molar-refractivity contribution in [2.45, 2.75) is 25.7 Å². The molecule has 4 aromatic rings. The molecular formula is C27H23N7O2. The summed E-state index contributed by atoms with van der Waals surface area (Å²) in [6, 6.07) is 14.6. The molecule has 1 aliphatic rings. The number of hydrogen-bond acceptors (Lipinski definition) is 7. The Morgan fingerprint density at radius 3 is 2.75 bits per heavy atom. The van der Waals surface area contributed by atoms with E-state index in [9.17, 15) is 4.79 Å². The van der Waals surface area contributed by atoms with Crippen LogP contribution in [0.4, 0.5) is 5.95 Å². The molecule has 36 heavy (non-hydrogen) atoms. The van der Waals surface area contributed by atoms with Gasteiger partial charge < -0.3 is 15.4 Å². The topological polar surface area (TPSA) is 122 Å². The third kappa shape index (κ3) is 4.42. The van der Waals surface area contributed by atoms with Gasteiger partial charge in [-0.25, -0.2) is 15.0 Å². The number of likely N-dealkylation sites (tertiary alicyclic amines) is 1. The van der Waals surface area contributed by atoms with E-state index in [2.05, 4.69) is 27.9 Å². The third-order valence-corrected chi connectivity index (χ3v) is 6.14. The van der Waals surface area contributed by atoms with Crippen LogP contribution < -0.4 is 10.5 Å². The fourth-order valence-electron chi connectivity index (χ4n) is 4.48. The number of aromatic nitrogens is 4. The molecule has 0 radical (unpaired) electrons. The molecule has 1 unspecified atom stereocenters. The van der Waals surface area contributed by atoms with Crippen molar-refractivity contribution in [1.82, 2.24) is 24.3 Å². The number of imidazole rings is 1. The van der Waals surface area contributed by atoms with Gasteiger partial charge in [0.05, 0.1) is 22.8 Å². The van der Waals surface area contributed by atoms with Crippen molar-refractivity contribution in [2.24, 2.45) is 0 Å². The summed E-state index contributed by atoms with van der Waals surface area (Å²) in [5.74, 6) is 7.16. The van der Waals surface area contributed by atoms with E-state index >= 15 is 0 Å². The average Bonchev–Trinajstić information content (AvgIpc) is 3.30. The Kier molecular flexibility index (Phi) is 6.21. The molecule has 1 aromatic carbocycles. The molecule has 0 bridgehead atoms. The molecule has 5 rings (SSSR count). The molecule has 3 aromatic heterocycles. The summed E-state index contributed by atoms with van der Waals surface area (Å²) in [4.78, 5) is 27.6. The summed E-state index contributed by atoms with van der Waals surface area (Å²) in [6.07, 6.45) is 5.00. The van der Waals surface area contributed by atoms with Crippen LogP contribution in [0.25, 0.3) is 16.9 Å². The maximum Gasteiger partial charge on any atom is 0.298 e. The van der Waals surface area contributed by atoms with E-state index in [0.29, 0.717) is 42.1 Å². The first kappa shape index (κ1) is 22.9. The Labute approximate surface area is 208 Å². The first-order valence-electron chi connectivity index (χ1n) is 11.6. The number of hydrogen-bond donors (Lipinski definition) is 1. The number of rotatable bonds is 4. The molecule has 9 nitrogen and oxygen atoms in total. The van der Waals surface area contributed by atoms with Crippen LogP contribution in [0, 0.1) is 23.2 Å². The Bertz CT molecular complexity index is 1540. The van der Waals surface area contributed by atoms with Crippen molar-refractivity contribution >= 4 is 17.4 Å². The molecule has 0 aliphatic carbocycles. The minimum atomic E-state index is -0.155. The van der Waals surface area contributed by atoms with Crippen LogP contribution in [-0.2, 0) is 4.79 Å². The van der Waals surface area contributed by atoms with Gasteiger partial charge in [-0.2, -0.15) is 5.26 Å². The Balaban J connectivity index is 1.47. The number of ether oxygens (including phenoxy) is 1. The molecule has 0 spiro atoms. The highest BCUT2D eigenvalue weighted by Crippen LogP contribution is 2.34. The van der Waals surface area contributed by atoms with Crippen molar-refractivity contribution in [2.75, 3.05) is 18.8 Å². The van der Waals surface area contributed by atoms with Gasteiger partial charge in [0.15, 0.2) is 0 Å². The second-order valence-corrected chi connectivity index (χ2v) is 8.43. The number of amides is 1. The molecule has 178 valence electrons. The number of fused-ring (bicyclic) bond motifs is 1. The zero-order valence-electron chi connectivity index (χ0n) is 19.7. The predicted octanol–water partition coefficient (Wildman–Crippen LogP) is 3.77. The summed E-state index contributed by atoms with van der Waals surface area (Å²) in [5, 5.41) is 9.08. The molecule has 1 saturated heterocycles. The van der Waals surface area contributed by atoms with Gasteiger partial charge in [0.25, 0.3) is 5.91 Å². The lowest BCUT2D eigenvalue weighted by Crippen LogP contribution is -2.38. The fourth-order valence-corrected chi connectivity index (χ4v) is 4.48. The first-order valence-corrected chi connectivity index (χ1v) is 11.6. The largest absolute Gasteiger partial charge is 0.439 e. The van der Waals surface area contributed by atoms with Crippen LogP contribution in [0.3, 0.4) is 0 Å². The predicted molar refractivity (Wildman–Crippen MR) is 134 cm³/mol. The zero-order chi connectivity index (χ0) is 25.1. The second-order valence-electron chi connectivity index (χ2n) is 8.43. The molecule has 1 atom stereocenters. The SMILES string of the molecule is CC#CC(=O)N1CCCC(c2nc(-c3ccc(Oc4cc(C#N)ccn4)cc3)n3c(N)nccc23)C1. The quantitative estimate of drug-likeness (QED) is 0.444. The molecular weight excluding hydrogens is 454 g/mol. The smallest absolute Gasteiger partial charge is 0.298 e. The average molecular weight is 478 g/mol. The van der Waals surface area contributed by atoms with Crippen LogP contribution in [0.1, 0.15) is 36.9 Å². The van der Waals surface area contributed by atoms with Crippen LogP contribution in [0.2, 0.25) is 0 Å². The van der Waals surface area contributed by atoms with Gasteiger partial charge in [0.2, 0.25) is 11.8 Å². The number of pyridine rings is 1. The summed E-state index contributed by atoms with van der Waals surface area (Å²) in [5.41, 5.74) is 9.35. The second kappa shape index (κ2) is 9.77. The van der Waals surface area contributed by atoms with E-state index in [4.69, 9.17) is 20.7 Å². The van der Waals surface area contributed by atoms with E-state index in [0.717, 1.165) is 29.6 Å². The highest BCUT2D eigenvalue weighted by molar-refractivity contribution is 5.93. The van der Waals surface area contributed by atoms with Gasteiger partial charge in [0.1, 0.15) is 11.6 Å². The molecule has 9 heteroatoms. The van der Waals surface area contributed by atoms with E-state index in [-0.39, 0.29) is 11.8 Å². The third-order valence-electron chi connectivity index (χ3n) is 6.14.